The first-order chi connectivity index (χ1) is 10.8. The summed E-state index contributed by atoms with van der Waals surface area (Å²) in [6.45, 7) is -0.724. The van der Waals surface area contributed by atoms with Crippen molar-refractivity contribution in [1.82, 2.24) is 5.32 Å². The Morgan fingerprint density at radius 3 is 2.22 bits per heavy atom. The molecule has 0 saturated carbocycles. The fourth-order valence-corrected chi connectivity index (χ4v) is 2.08. The maximum atomic E-state index is 11.0. The molecule has 1 aliphatic rings. The lowest BCUT2D eigenvalue weighted by molar-refractivity contribution is -0.307. The summed E-state index contributed by atoms with van der Waals surface area (Å²) in [6, 6.07) is 0. The summed E-state index contributed by atoms with van der Waals surface area (Å²) in [7, 11) is 0. The minimum Gasteiger partial charge on any atom is -0.396 e. The van der Waals surface area contributed by atoms with Crippen LogP contribution in [0.5, 0.6) is 0 Å². The second-order valence-electron chi connectivity index (χ2n) is 5.73. The molecule has 5 atom stereocenters. The molecule has 1 aliphatic heterocycles. The zero-order valence-corrected chi connectivity index (χ0v) is 12.8. The summed E-state index contributed by atoms with van der Waals surface area (Å²) in [6.07, 6.45) is -7.16. The number of aliphatic hydroxyl groups is 6. The number of carbonyl (C=O) groups excluding carboxylic acids is 1. The SMILES string of the molecule is CC(=O)NCC(CO)(CO)CO[C@@H]1OC(CO)C(O)C(O)C1O. The van der Waals surface area contributed by atoms with Crippen molar-refractivity contribution in [1.29, 1.82) is 0 Å². The van der Waals surface area contributed by atoms with E-state index in [0.717, 1.165) is 0 Å². The molecule has 0 aromatic carbocycles. The van der Waals surface area contributed by atoms with Gasteiger partial charge in [0.1, 0.15) is 24.4 Å². The summed E-state index contributed by atoms with van der Waals surface area (Å²) in [5.41, 5.74) is -1.22. The van der Waals surface area contributed by atoms with Crippen LogP contribution in [0, 0.1) is 5.41 Å². The second-order valence-corrected chi connectivity index (χ2v) is 5.73. The summed E-state index contributed by atoms with van der Waals surface area (Å²) in [4.78, 5) is 11.0. The lowest BCUT2D eigenvalue weighted by Crippen LogP contribution is -2.60. The summed E-state index contributed by atoms with van der Waals surface area (Å²) in [5, 5.41) is 59.6. The van der Waals surface area contributed by atoms with Crippen molar-refractivity contribution in [3.05, 3.63) is 0 Å². The van der Waals surface area contributed by atoms with Crippen molar-refractivity contribution in [3.63, 3.8) is 0 Å². The molecule has 1 amide bonds. The second kappa shape index (κ2) is 8.85. The molecule has 1 heterocycles. The maximum Gasteiger partial charge on any atom is 0.216 e. The minimum absolute atomic E-state index is 0.0766. The van der Waals surface area contributed by atoms with Crippen molar-refractivity contribution >= 4 is 5.91 Å². The Morgan fingerprint density at radius 1 is 1.13 bits per heavy atom. The van der Waals surface area contributed by atoms with Crippen LogP contribution in [0.4, 0.5) is 0 Å². The van der Waals surface area contributed by atoms with Crippen LogP contribution < -0.4 is 5.32 Å². The molecule has 10 nitrogen and oxygen atoms in total. The topological polar surface area (TPSA) is 169 Å². The number of hydrogen-bond donors (Lipinski definition) is 7. The van der Waals surface area contributed by atoms with Crippen molar-refractivity contribution in [3.8, 4) is 0 Å². The van der Waals surface area contributed by atoms with E-state index in [1.807, 2.05) is 0 Å². The smallest absolute Gasteiger partial charge is 0.216 e. The standard InChI is InChI=1S/C13H25NO9/c1-7(18)14-3-13(4-16,5-17)6-22-12-11(21)10(20)9(19)8(2-15)23-12/h8-12,15-17,19-21H,2-6H2,1H3,(H,14,18)/t8?,9?,10?,11?,12-/m1/s1. The number of ether oxygens (including phenoxy) is 2. The van der Waals surface area contributed by atoms with Crippen LogP contribution >= 0.6 is 0 Å². The third-order valence-electron chi connectivity index (χ3n) is 3.79. The molecule has 7 N–H and O–H groups in total. The van der Waals surface area contributed by atoms with Crippen LogP contribution in [0.3, 0.4) is 0 Å². The number of nitrogens with one attached hydrogen (secondary N) is 1. The molecule has 1 fully saturated rings. The number of rotatable bonds is 8. The van der Waals surface area contributed by atoms with Gasteiger partial charge in [-0.2, -0.15) is 0 Å². The summed E-state index contributed by atoms with van der Waals surface area (Å²) in [5.74, 6) is -0.357. The van der Waals surface area contributed by atoms with Crippen molar-refractivity contribution in [2.75, 3.05) is 33.0 Å². The normalized spacial score (nSPS) is 31.9. The van der Waals surface area contributed by atoms with Crippen molar-refractivity contribution in [2.24, 2.45) is 5.41 Å². The van der Waals surface area contributed by atoms with Gasteiger partial charge in [-0.3, -0.25) is 4.79 Å². The van der Waals surface area contributed by atoms with Gasteiger partial charge < -0.3 is 45.4 Å². The fraction of sp³-hybridized carbons (Fsp3) is 0.923. The lowest BCUT2D eigenvalue weighted by Gasteiger charge is -2.41. The van der Waals surface area contributed by atoms with E-state index in [1.165, 1.54) is 6.92 Å². The first-order valence-corrected chi connectivity index (χ1v) is 7.18. The molecule has 0 aromatic rings. The fourth-order valence-electron chi connectivity index (χ4n) is 2.08. The zero-order chi connectivity index (χ0) is 17.6. The highest BCUT2D eigenvalue weighted by molar-refractivity contribution is 5.72. The molecule has 4 unspecified atom stereocenters. The summed E-state index contributed by atoms with van der Waals surface area (Å²) >= 11 is 0. The van der Waals surface area contributed by atoms with Gasteiger partial charge in [0.2, 0.25) is 5.91 Å². The Morgan fingerprint density at radius 2 is 1.74 bits per heavy atom. The van der Waals surface area contributed by atoms with E-state index >= 15 is 0 Å². The molecular formula is C13H25NO9. The molecule has 23 heavy (non-hydrogen) atoms. The highest BCUT2D eigenvalue weighted by Gasteiger charge is 2.45. The molecular weight excluding hydrogens is 314 g/mol. The third-order valence-corrected chi connectivity index (χ3v) is 3.79. The van der Waals surface area contributed by atoms with Gasteiger partial charge in [-0.05, 0) is 0 Å². The largest absolute Gasteiger partial charge is 0.396 e. The van der Waals surface area contributed by atoms with Gasteiger partial charge in [-0.25, -0.2) is 0 Å². The van der Waals surface area contributed by atoms with Crippen molar-refractivity contribution in [2.45, 2.75) is 37.6 Å². The third kappa shape index (κ3) is 5.06. The molecule has 0 radical (unpaired) electrons. The quantitative estimate of drug-likeness (QED) is 0.232. The number of carbonyl (C=O) groups is 1. The van der Waals surface area contributed by atoms with Crippen molar-refractivity contribution < 1.29 is 44.9 Å². The lowest BCUT2D eigenvalue weighted by atomic mass is 9.91. The van der Waals surface area contributed by atoms with Gasteiger partial charge in [0.15, 0.2) is 6.29 Å². The van der Waals surface area contributed by atoms with E-state index in [2.05, 4.69) is 5.32 Å². The van der Waals surface area contributed by atoms with Crippen LogP contribution in [0.1, 0.15) is 6.92 Å². The average molecular weight is 339 g/mol. The number of aliphatic hydroxyl groups excluding tert-OH is 6. The highest BCUT2D eigenvalue weighted by Crippen LogP contribution is 2.24. The van der Waals surface area contributed by atoms with E-state index in [9.17, 15) is 30.3 Å². The van der Waals surface area contributed by atoms with Crippen LogP contribution in [0.15, 0.2) is 0 Å². The van der Waals surface area contributed by atoms with Crippen LogP contribution in [-0.4, -0.2) is 100 Å². The number of hydrogen-bond acceptors (Lipinski definition) is 9. The van der Waals surface area contributed by atoms with Gasteiger partial charge in [0, 0.05) is 13.5 Å². The van der Waals surface area contributed by atoms with E-state index in [0.29, 0.717) is 0 Å². The number of amides is 1. The molecule has 0 aliphatic carbocycles. The van der Waals surface area contributed by atoms with Gasteiger partial charge in [-0.15, -0.1) is 0 Å². The molecule has 1 rings (SSSR count). The zero-order valence-electron chi connectivity index (χ0n) is 12.8. The van der Waals surface area contributed by atoms with Crippen LogP contribution in [0.25, 0.3) is 0 Å². The van der Waals surface area contributed by atoms with E-state index in [1.54, 1.807) is 0 Å². The van der Waals surface area contributed by atoms with Crippen LogP contribution in [0.2, 0.25) is 0 Å². The first-order valence-electron chi connectivity index (χ1n) is 7.18. The van der Waals surface area contributed by atoms with E-state index in [-0.39, 0.29) is 19.1 Å². The summed E-state index contributed by atoms with van der Waals surface area (Å²) < 4.78 is 10.5. The molecule has 0 aromatic heterocycles. The van der Waals surface area contributed by atoms with Crippen LogP contribution in [-0.2, 0) is 14.3 Å². The predicted octanol–water partition coefficient (Wildman–Crippen LogP) is -4.09. The maximum absolute atomic E-state index is 11.0. The Hall–Kier alpha value is -0.850. The minimum atomic E-state index is -1.58. The Labute approximate surface area is 133 Å². The predicted molar refractivity (Wildman–Crippen MR) is 75.0 cm³/mol. The van der Waals surface area contributed by atoms with E-state index < -0.39 is 55.9 Å². The molecule has 136 valence electrons. The monoisotopic (exact) mass is 339 g/mol. The first kappa shape index (κ1) is 20.2. The molecule has 0 spiro atoms. The molecule has 0 bridgehead atoms. The Kier molecular flexibility index (Phi) is 7.77. The van der Waals surface area contributed by atoms with E-state index in [4.69, 9.17) is 14.6 Å². The van der Waals surface area contributed by atoms with Gasteiger partial charge in [0.05, 0.1) is 31.8 Å². The Balaban J connectivity index is 2.70. The van der Waals surface area contributed by atoms with Gasteiger partial charge in [-0.1, -0.05) is 0 Å². The average Bonchev–Trinajstić information content (AvgIpc) is 2.55. The van der Waals surface area contributed by atoms with Gasteiger partial charge >= 0.3 is 0 Å². The highest BCUT2D eigenvalue weighted by atomic mass is 16.7. The van der Waals surface area contributed by atoms with Gasteiger partial charge in [0.25, 0.3) is 0 Å². The Bertz CT molecular complexity index is 374. The molecule has 10 heteroatoms. The molecule has 1 saturated heterocycles.